The van der Waals surface area contributed by atoms with Crippen molar-refractivity contribution in [1.82, 2.24) is 5.32 Å². The second kappa shape index (κ2) is 6.82. The van der Waals surface area contributed by atoms with Gasteiger partial charge in [0.05, 0.1) is 0 Å². The van der Waals surface area contributed by atoms with Gasteiger partial charge in [0.25, 0.3) is 0 Å². The monoisotopic (exact) mass is 359 g/mol. The summed E-state index contributed by atoms with van der Waals surface area (Å²) in [5.74, 6) is 0. The topological polar surface area (TPSA) is 12.0 Å². The predicted octanol–water partition coefficient (Wildman–Crippen LogP) is 5.29. The molecular formula is C18H18BrNS. The van der Waals surface area contributed by atoms with E-state index >= 15 is 0 Å². The Balaban J connectivity index is 1.93. The molecule has 3 heteroatoms. The molecule has 0 bridgehead atoms. The smallest absolute Gasteiger partial charge is 0.0317 e. The van der Waals surface area contributed by atoms with E-state index in [9.17, 15) is 0 Å². The molecule has 3 rings (SSSR count). The first kappa shape index (κ1) is 14.9. The normalized spacial score (nSPS) is 14.9. The number of rotatable bonds is 3. The van der Waals surface area contributed by atoms with Crippen LogP contribution in [0, 0.1) is 6.92 Å². The van der Waals surface area contributed by atoms with Crippen LogP contribution in [0.25, 0.3) is 5.57 Å². The minimum atomic E-state index is 0.975. The number of hydrogen-bond acceptors (Lipinski definition) is 2. The summed E-state index contributed by atoms with van der Waals surface area (Å²) in [5, 5.41) is 3.38. The molecule has 2 aromatic rings. The number of aryl methyl sites for hydroxylation is 1. The summed E-state index contributed by atoms with van der Waals surface area (Å²) in [6.07, 6.45) is 3.42. The lowest BCUT2D eigenvalue weighted by Crippen LogP contribution is -2.20. The molecule has 1 N–H and O–H groups in total. The van der Waals surface area contributed by atoms with Crippen molar-refractivity contribution in [1.29, 1.82) is 0 Å². The summed E-state index contributed by atoms with van der Waals surface area (Å²) < 4.78 is 1.17. The van der Waals surface area contributed by atoms with Crippen LogP contribution >= 0.6 is 27.7 Å². The first-order valence-corrected chi connectivity index (χ1v) is 8.78. The Labute approximate surface area is 139 Å². The van der Waals surface area contributed by atoms with Crippen molar-refractivity contribution >= 4 is 33.3 Å². The van der Waals surface area contributed by atoms with Gasteiger partial charge in [-0.15, -0.1) is 0 Å². The van der Waals surface area contributed by atoms with Gasteiger partial charge in [0.1, 0.15) is 0 Å². The fourth-order valence-corrected chi connectivity index (χ4v) is 4.22. The van der Waals surface area contributed by atoms with E-state index in [1.807, 2.05) is 11.8 Å². The van der Waals surface area contributed by atoms with Crippen LogP contribution in [0.3, 0.4) is 0 Å². The number of hydrogen-bond donors (Lipinski definition) is 1. The molecule has 0 saturated carbocycles. The van der Waals surface area contributed by atoms with Gasteiger partial charge < -0.3 is 5.32 Å². The second-order valence-corrected chi connectivity index (χ2v) is 7.15. The van der Waals surface area contributed by atoms with Crippen LogP contribution in [0.15, 0.2) is 62.8 Å². The summed E-state index contributed by atoms with van der Waals surface area (Å²) in [5.41, 5.74) is 4.11. The van der Waals surface area contributed by atoms with Crippen LogP contribution in [0.4, 0.5) is 0 Å². The third-order valence-corrected chi connectivity index (χ3v) is 5.67. The fourth-order valence-electron chi connectivity index (χ4n) is 2.50. The number of halogens is 1. The third kappa shape index (κ3) is 3.60. The van der Waals surface area contributed by atoms with E-state index in [1.54, 1.807) is 0 Å². The second-order valence-electron chi connectivity index (χ2n) is 5.22. The zero-order valence-electron chi connectivity index (χ0n) is 12.0. The maximum Gasteiger partial charge on any atom is 0.0317 e. The van der Waals surface area contributed by atoms with E-state index in [2.05, 4.69) is 76.7 Å². The quantitative estimate of drug-likeness (QED) is 0.799. The number of benzene rings is 2. The average Bonchev–Trinajstić information content (AvgIpc) is 2.51. The molecule has 0 unspecified atom stereocenters. The highest BCUT2D eigenvalue weighted by atomic mass is 79.9. The lowest BCUT2D eigenvalue weighted by atomic mass is 10.0. The molecule has 0 saturated heterocycles. The van der Waals surface area contributed by atoms with Crippen LogP contribution in [0.2, 0.25) is 0 Å². The first-order chi connectivity index (χ1) is 10.2. The van der Waals surface area contributed by atoms with Crippen molar-refractivity contribution in [3.05, 3.63) is 64.1 Å². The van der Waals surface area contributed by atoms with Crippen molar-refractivity contribution < 1.29 is 0 Å². The molecule has 0 spiro atoms. The first-order valence-electron chi connectivity index (χ1n) is 7.17. The molecule has 1 aliphatic heterocycles. The Morgan fingerprint density at radius 3 is 2.71 bits per heavy atom. The summed E-state index contributed by atoms with van der Waals surface area (Å²) >= 11 is 5.51. The Kier molecular flexibility index (Phi) is 4.84. The molecule has 0 radical (unpaired) electrons. The van der Waals surface area contributed by atoms with Crippen molar-refractivity contribution in [3.8, 4) is 0 Å². The molecule has 2 aromatic carbocycles. The summed E-state index contributed by atoms with van der Waals surface area (Å²) in [4.78, 5) is 2.60. The lowest BCUT2D eigenvalue weighted by Gasteiger charge is -2.17. The van der Waals surface area contributed by atoms with Crippen molar-refractivity contribution in [2.75, 3.05) is 13.1 Å². The molecule has 21 heavy (non-hydrogen) atoms. The van der Waals surface area contributed by atoms with E-state index in [0.717, 1.165) is 19.5 Å². The van der Waals surface area contributed by atoms with Crippen molar-refractivity contribution in [2.45, 2.75) is 23.1 Å². The van der Waals surface area contributed by atoms with Gasteiger partial charge in [-0.1, -0.05) is 42.1 Å². The minimum absolute atomic E-state index is 0.975. The van der Waals surface area contributed by atoms with Gasteiger partial charge in [-0.25, -0.2) is 0 Å². The highest BCUT2D eigenvalue weighted by Crippen LogP contribution is 2.38. The van der Waals surface area contributed by atoms with E-state index < -0.39 is 0 Å². The molecule has 0 aromatic heterocycles. The zero-order valence-corrected chi connectivity index (χ0v) is 14.4. The van der Waals surface area contributed by atoms with Gasteiger partial charge in [-0.05, 0) is 70.7 Å². The molecule has 1 nitrogen and oxygen atoms in total. The van der Waals surface area contributed by atoms with Crippen LogP contribution in [0.1, 0.15) is 17.5 Å². The fraction of sp³-hybridized carbons (Fsp3) is 0.222. The molecule has 0 fully saturated rings. The van der Waals surface area contributed by atoms with Gasteiger partial charge in [0.2, 0.25) is 0 Å². The Bertz CT molecular complexity index is 679. The van der Waals surface area contributed by atoms with E-state index in [4.69, 9.17) is 0 Å². The van der Waals surface area contributed by atoms with Crippen LogP contribution in [-0.4, -0.2) is 13.1 Å². The SMILES string of the molecule is Cc1ccc(Sc2ccccc2C2=CCNCC2)c(Br)c1. The minimum Gasteiger partial charge on any atom is -0.313 e. The Morgan fingerprint density at radius 2 is 1.95 bits per heavy atom. The van der Waals surface area contributed by atoms with Crippen LogP contribution in [-0.2, 0) is 0 Å². The van der Waals surface area contributed by atoms with E-state index in [1.165, 1.54) is 31.0 Å². The van der Waals surface area contributed by atoms with Gasteiger partial charge in [0, 0.05) is 20.8 Å². The molecule has 1 aliphatic rings. The van der Waals surface area contributed by atoms with Crippen molar-refractivity contribution in [3.63, 3.8) is 0 Å². The molecule has 0 atom stereocenters. The van der Waals surface area contributed by atoms with Crippen LogP contribution in [0.5, 0.6) is 0 Å². The average molecular weight is 360 g/mol. The Hall–Kier alpha value is -1.03. The maximum absolute atomic E-state index is 3.68. The zero-order chi connectivity index (χ0) is 14.7. The van der Waals surface area contributed by atoms with Gasteiger partial charge >= 0.3 is 0 Å². The molecular weight excluding hydrogens is 342 g/mol. The van der Waals surface area contributed by atoms with E-state index in [0.29, 0.717) is 0 Å². The molecule has 108 valence electrons. The molecule has 0 aliphatic carbocycles. The number of nitrogens with one attached hydrogen (secondary N) is 1. The van der Waals surface area contributed by atoms with Gasteiger partial charge in [-0.3, -0.25) is 0 Å². The van der Waals surface area contributed by atoms with E-state index in [-0.39, 0.29) is 0 Å². The molecule has 1 heterocycles. The third-order valence-electron chi connectivity index (χ3n) is 3.60. The van der Waals surface area contributed by atoms with Gasteiger partial charge in [0.15, 0.2) is 0 Å². The molecule has 0 amide bonds. The largest absolute Gasteiger partial charge is 0.313 e. The van der Waals surface area contributed by atoms with Crippen LogP contribution < -0.4 is 5.32 Å². The predicted molar refractivity (Wildman–Crippen MR) is 94.9 cm³/mol. The van der Waals surface area contributed by atoms with Crippen molar-refractivity contribution in [2.24, 2.45) is 0 Å². The maximum atomic E-state index is 3.68. The Morgan fingerprint density at radius 1 is 1.10 bits per heavy atom. The summed E-state index contributed by atoms with van der Waals surface area (Å²) in [6.45, 7) is 4.16. The standard InChI is InChI=1S/C18H18BrNS/c1-13-6-7-18(16(19)12-13)21-17-5-3-2-4-15(17)14-8-10-20-11-9-14/h2-8,12,20H,9-11H2,1H3. The summed E-state index contributed by atoms with van der Waals surface area (Å²) in [6, 6.07) is 15.2. The van der Waals surface area contributed by atoms with Gasteiger partial charge in [-0.2, -0.15) is 0 Å². The highest BCUT2D eigenvalue weighted by Gasteiger charge is 2.12. The highest BCUT2D eigenvalue weighted by molar-refractivity contribution is 9.10. The lowest BCUT2D eigenvalue weighted by molar-refractivity contribution is 0.737. The summed E-state index contributed by atoms with van der Waals surface area (Å²) in [7, 11) is 0.